The van der Waals surface area contributed by atoms with Crippen LogP contribution in [0, 0.1) is 0 Å². The molecule has 2 heterocycles. The van der Waals surface area contributed by atoms with Gasteiger partial charge in [0.1, 0.15) is 0 Å². The van der Waals surface area contributed by atoms with Crippen LogP contribution in [0.15, 0.2) is 52.7 Å². The minimum absolute atomic E-state index is 0.0936. The molecule has 2 aromatic carbocycles. The van der Waals surface area contributed by atoms with Gasteiger partial charge in [-0.15, -0.1) is 11.3 Å². The smallest absolute Gasteiger partial charge is 0.256 e. The fraction of sp³-hybridized carbons (Fsp3) is 0.444. The zero-order valence-electron chi connectivity index (χ0n) is 20.4. The number of sulfone groups is 1. The van der Waals surface area contributed by atoms with Crippen LogP contribution in [0.3, 0.4) is 0 Å². The van der Waals surface area contributed by atoms with Crippen molar-refractivity contribution in [1.82, 2.24) is 4.90 Å². The SMILES string of the molecule is CCC(C)S(=O)(=O)c1ccccc1C(=O)Nc1ccc2scc(C3CCN(C(C)C)CC3)c2c1. The molecule has 1 N–H and O–H groups in total. The second-order valence-electron chi connectivity index (χ2n) is 9.52. The Morgan fingerprint density at radius 2 is 1.82 bits per heavy atom. The number of carbonyl (C=O) groups excluding carboxylic acids is 1. The van der Waals surface area contributed by atoms with E-state index in [1.807, 2.05) is 25.1 Å². The molecule has 0 spiro atoms. The molecule has 3 aromatic rings. The van der Waals surface area contributed by atoms with Gasteiger partial charge in [0.25, 0.3) is 5.91 Å². The van der Waals surface area contributed by atoms with Gasteiger partial charge in [0.2, 0.25) is 0 Å². The minimum Gasteiger partial charge on any atom is -0.322 e. The highest BCUT2D eigenvalue weighted by Crippen LogP contribution is 2.38. The van der Waals surface area contributed by atoms with Crippen molar-refractivity contribution in [3.8, 4) is 0 Å². The monoisotopic (exact) mass is 498 g/mol. The van der Waals surface area contributed by atoms with E-state index in [-0.39, 0.29) is 10.5 Å². The van der Waals surface area contributed by atoms with E-state index in [4.69, 9.17) is 0 Å². The summed E-state index contributed by atoms with van der Waals surface area (Å²) in [5.41, 5.74) is 2.24. The lowest BCUT2D eigenvalue weighted by molar-refractivity contribution is 0.102. The van der Waals surface area contributed by atoms with Gasteiger partial charge in [-0.2, -0.15) is 0 Å². The number of thiophene rings is 1. The molecule has 0 saturated carbocycles. The molecule has 1 fully saturated rings. The second kappa shape index (κ2) is 10.2. The van der Waals surface area contributed by atoms with Crippen LogP contribution in [0.5, 0.6) is 0 Å². The Kier molecular flexibility index (Phi) is 7.45. The summed E-state index contributed by atoms with van der Waals surface area (Å²) in [7, 11) is -3.58. The number of likely N-dealkylation sites (tertiary alicyclic amines) is 1. The second-order valence-corrected chi connectivity index (χ2v) is 12.8. The van der Waals surface area contributed by atoms with Crippen molar-refractivity contribution in [3.63, 3.8) is 0 Å². The molecular weight excluding hydrogens is 464 g/mol. The molecule has 0 radical (unpaired) electrons. The summed E-state index contributed by atoms with van der Waals surface area (Å²) < 4.78 is 27.2. The standard InChI is InChI=1S/C27H34N2O3S2/c1-5-19(4)34(31,32)26-9-7-6-8-22(26)27(30)28-21-10-11-25-23(16-21)24(17-33-25)20-12-14-29(15-13-20)18(2)3/h6-11,16-20H,5,12-15H2,1-4H3,(H,28,30). The van der Waals surface area contributed by atoms with E-state index in [1.54, 1.807) is 36.5 Å². The van der Waals surface area contributed by atoms with Crippen molar-refractivity contribution in [1.29, 1.82) is 0 Å². The average molecular weight is 499 g/mol. The quantitative estimate of drug-likeness (QED) is 0.414. The summed E-state index contributed by atoms with van der Waals surface area (Å²) in [6.45, 7) is 10.2. The van der Waals surface area contributed by atoms with E-state index in [0.29, 0.717) is 24.1 Å². The van der Waals surface area contributed by atoms with E-state index in [2.05, 4.69) is 29.4 Å². The number of hydrogen-bond donors (Lipinski definition) is 1. The van der Waals surface area contributed by atoms with Gasteiger partial charge in [-0.3, -0.25) is 4.79 Å². The molecule has 1 amide bonds. The summed E-state index contributed by atoms with van der Waals surface area (Å²) in [6, 6.07) is 13.0. The lowest BCUT2D eigenvalue weighted by Gasteiger charge is -2.34. The van der Waals surface area contributed by atoms with Crippen molar-refractivity contribution in [2.75, 3.05) is 18.4 Å². The number of amides is 1. The molecule has 1 aliphatic heterocycles. The van der Waals surface area contributed by atoms with Gasteiger partial charge < -0.3 is 10.2 Å². The van der Waals surface area contributed by atoms with E-state index < -0.39 is 21.0 Å². The summed E-state index contributed by atoms with van der Waals surface area (Å²) >= 11 is 1.74. The molecule has 1 saturated heterocycles. The Morgan fingerprint density at radius 1 is 1.12 bits per heavy atom. The van der Waals surface area contributed by atoms with Gasteiger partial charge in [-0.25, -0.2) is 8.42 Å². The first-order chi connectivity index (χ1) is 16.2. The molecule has 7 heteroatoms. The maximum atomic E-state index is 13.2. The Morgan fingerprint density at radius 3 is 2.50 bits per heavy atom. The predicted octanol–water partition coefficient (Wildman–Crippen LogP) is 6.31. The van der Waals surface area contributed by atoms with Crippen LogP contribution in [0.4, 0.5) is 5.69 Å². The molecule has 1 aliphatic rings. The van der Waals surface area contributed by atoms with Crippen molar-refractivity contribution in [2.24, 2.45) is 0 Å². The first-order valence-electron chi connectivity index (χ1n) is 12.1. The third kappa shape index (κ3) is 4.92. The summed E-state index contributed by atoms with van der Waals surface area (Å²) in [4.78, 5) is 15.8. The molecule has 182 valence electrons. The summed E-state index contributed by atoms with van der Waals surface area (Å²) in [5.74, 6) is 0.125. The van der Waals surface area contributed by atoms with Gasteiger partial charge in [0.05, 0.1) is 15.7 Å². The third-order valence-electron chi connectivity index (χ3n) is 7.10. The zero-order chi connectivity index (χ0) is 24.5. The molecular formula is C27H34N2O3S2. The topological polar surface area (TPSA) is 66.5 Å². The van der Waals surface area contributed by atoms with Crippen molar-refractivity contribution in [3.05, 3.63) is 59.0 Å². The van der Waals surface area contributed by atoms with Gasteiger partial charge in [0, 0.05) is 16.4 Å². The summed E-state index contributed by atoms with van der Waals surface area (Å²) in [6.07, 6.45) is 2.77. The highest BCUT2D eigenvalue weighted by molar-refractivity contribution is 7.92. The number of fused-ring (bicyclic) bond motifs is 1. The highest BCUT2D eigenvalue weighted by Gasteiger charge is 2.27. The molecule has 4 rings (SSSR count). The van der Waals surface area contributed by atoms with Crippen molar-refractivity contribution in [2.45, 2.75) is 69.1 Å². The number of rotatable bonds is 7. The predicted molar refractivity (Wildman–Crippen MR) is 142 cm³/mol. The number of piperidine rings is 1. The van der Waals surface area contributed by atoms with Crippen LogP contribution < -0.4 is 5.32 Å². The molecule has 1 atom stereocenters. The Hall–Kier alpha value is -2.22. The number of anilines is 1. The lowest BCUT2D eigenvalue weighted by Crippen LogP contribution is -2.37. The van der Waals surface area contributed by atoms with Gasteiger partial charge >= 0.3 is 0 Å². The zero-order valence-corrected chi connectivity index (χ0v) is 22.0. The molecule has 1 unspecified atom stereocenters. The highest BCUT2D eigenvalue weighted by atomic mass is 32.2. The molecule has 0 aliphatic carbocycles. The van der Waals surface area contributed by atoms with Crippen LogP contribution in [0.1, 0.15) is 68.8 Å². The minimum atomic E-state index is -3.58. The van der Waals surface area contributed by atoms with Gasteiger partial charge in [-0.1, -0.05) is 19.1 Å². The molecule has 0 bridgehead atoms. The Bertz CT molecular complexity index is 1270. The largest absolute Gasteiger partial charge is 0.322 e. The number of benzene rings is 2. The normalized spacial score (nSPS) is 16.7. The van der Waals surface area contributed by atoms with E-state index in [1.165, 1.54) is 21.7 Å². The van der Waals surface area contributed by atoms with E-state index in [9.17, 15) is 13.2 Å². The fourth-order valence-electron chi connectivity index (χ4n) is 4.71. The first-order valence-corrected chi connectivity index (χ1v) is 14.5. The van der Waals surface area contributed by atoms with E-state index >= 15 is 0 Å². The number of nitrogens with one attached hydrogen (secondary N) is 1. The van der Waals surface area contributed by atoms with Crippen LogP contribution in [-0.4, -0.2) is 43.6 Å². The molecule has 5 nitrogen and oxygen atoms in total. The van der Waals surface area contributed by atoms with Crippen molar-refractivity contribution < 1.29 is 13.2 Å². The maximum Gasteiger partial charge on any atom is 0.256 e. The number of nitrogens with zero attached hydrogens (tertiary/aromatic N) is 1. The summed E-state index contributed by atoms with van der Waals surface area (Å²) in [5, 5.41) is 5.86. The Labute approximate surface area is 207 Å². The first kappa shape index (κ1) is 24.9. The van der Waals surface area contributed by atoms with Crippen LogP contribution in [0.2, 0.25) is 0 Å². The molecule has 1 aromatic heterocycles. The third-order valence-corrected chi connectivity index (χ3v) is 10.4. The maximum absolute atomic E-state index is 13.2. The van der Waals surface area contributed by atoms with E-state index in [0.717, 1.165) is 25.9 Å². The Balaban J connectivity index is 1.59. The van der Waals surface area contributed by atoms with Crippen molar-refractivity contribution >= 4 is 42.9 Å². The van der Waals surface area contributed by atoms with Gasteiger partial charge in [0.15, 0.2) is 9.84 Å². The van der Waals surface area contributed by atoms with Crippen LogP contribution in [-0.2, 0) is 9.84 Å². The molecule has 34 heavy (non-hydrogen) atoms. The number of carbonyl (C=O) groups is 1. The number of hydrogen-bond acceptors (Lipinski definition) is 5. The fourth-order valence-corrected chi connectivity index (χ4v) is 7.34. The van der Waals surface area contributed by atoms with Crippen LogP contribution in [0.25, 0.3) is 10.1 Å². The van der Waals surface area contributed by atoms with Crippen LogP contribution >= 0.6 is 11.3 Å². The average Bonchev–Trinajstić information content (AvgIpc) is 3.26. The lowest BCUT2D eigenvalue weighted by atomic mass is 9.88. The van der Waals surface area contributed by atoms with Gasteiger partial charge in [-0.05, 0) is 106 Å².